The first kappa shape index (κ1) is 19.6. The predicted octanol–water partition coefficient (Wildman–Crippen LogP) is 3.82. The van der Waals surface area contributed by atoms with Crippen molar-refractivity contribution in [3.8, 4) is 0 Å². The lowest BCUT2D eigenvalue weighted by atomic mass is 9.84. The highest BCUT2D eigenvalue weighted by Gasteiger charge is 2.41. The number of hydrogen-bond acceptors (Lipinski definition) is 5. The van der Waals surface area contributed by atoms with Crippen LogP contribution in [-0.4, -0.2) is 47.7 Å². The van der Waals surface area contributed by atoms with Crippen LogP contribution in [0.5, 0.6) is 0 Å². The standard InChI is InChI=1S/C19H27NO4S/c1-18(2,3)24-17(22)20-12-10-19(11-13-20,23-16(21)14-25-4)15-8-6-5-7-9-15/h5-9H,10-14H2,1-4H3. The Hall–Kier alpha value is -1.69. The first-order valence-corrected chi connectivity index (χ1v) is 9.89. The van der Waals surface area contributed by atoms with E-state index in [0.717, 1.165) is 5.56 Å². The number of amides is 1. The molecule has 0 atom stereocenters. The maximum absolute atomic E-state index is 12.3. The Labute approximate surface area is 154 Å². The summed E-state index contributed by atoms with van der Waals surface area (Å²) < 4.78 is 11.3. The molecule has 0 bridgehead atoms. The molecule has 0 radical (unpaired) electrons. The van der Waals surface area contributed by atoms with Crippen molar-refractivity contribution in [2.45, 2.75) is 44.8 Å². The summed E-state index contributed by atoms with van der Waals surface area (Å²) in [5.74, 6) is 0.103. The van der Waals surface area contributed by atoms with Crippen LogP contribution in [0.3, 0.4) is 0 Å². The molecule has 1 aromatic rings. The summed E-state index contributed by atoms with van der Waals surface area (Å²) in [4.78, 5) is 26.1. The number of likely N-dealkylation sites (tertiary alicyclic amines) is 1. The van der Waals surface area contributed by atoms with Gasteiger partial charge in [-0.3, -0.25) is 4.79 Å². The quantitative estimate of drug-likeness (QED) is 0.759. The Morgan fingerprint density at radius 1 is 1.16 bits per heavy atom. The second kappa shape index (κ2) is 8.13. The van der Waals surface area contributed by atoms with Crippen LogP contribution in [0, 0.1) is 0 Å². The summed E-state index contributed by atoms with van der Waals surface area (Å²) in [5.41, 5.74) is -0.212. The predicted molar refractivity (Wildman–Crippen MR) is 99.6 cm³/mol. The monoisotopic (exact) mass is 365 g/mol. The van der Waals surface area contributed by atoms with Crippen LogP contribution in [0.1, 0.15) is 39.2 Å². The average molecular weight is 365 g/mol. The maximum Gasteiger partial charge on any atom is 0.410 e. The van der Waals surface area contributed by atoms with E-state index >= 15 is 0 Å². The molecule has 0 N–H and O–H groups in total. The molecular formula is C19H27NO4S. The van der Waals surface area contributed by atoms with E-state index in [1.807, 2.05) is 57.4 Å². The number of benzene rings is 1. The van der Waals surface area contributed by atoms with Crippen LogP contribution in [0.2, 0.25) is 0 Å². The highest BCUT2D eigenvalue weighted by Crippen LogP contribution is 2.37. The third kappa shape index (κ3) is 5.39. The van der Waals surface area contributed by atoms with Crippen LogP contribution in [-0.2, 0) is 19.9 Å². The summed E-state index contributed by atoms with van der Waals surface area (Å²) >= 11 is 1.44. The fourth-order valence-electron chi connectivity index (χ4n) is 2.93. The third-order valence-electron chi connectivity index (χ3n) is 4.09. The lowest BCUT2D eigenvalue weighted by Gasteiger charge is -2.41. The van der Waals surface area contributed by atoms with Crippen LogP contribution in [0.4, 0.5) is 4.79 Å². The Morgan fingerprint density at radius 3 is 2.28 bits per heavy atom. The number of esters is 1. The van der Waals surface area contributed by atoms with Gasteiger partial charge in [-0.25, -0.2) is 4.79 Å². The van der Waals surface area contributed by atoms with Crippen LogP contribution < -0.4 is 0 Å². The Morgan fingerprint density at radius 2 is 1.76 bits per heavy atom. The number of carbonyl (C=O) groups is 2. The van der Waals surface area contributed by atoms with E-state index in [-0.39, 0.29) is 12.1 Å². The molecule has 0 saturated carbocycles. The molecule has 25 heavy (non-hydrogen) atoms. The van der Waals surface area contributed by atoms with Crippen molar-refractivity contribution in [2.75, 3.05) is 25.1 Å². The normalized spacial score (nSPS) is 17.0. The van der Waals surface area contributed by atoms with Gasteiger partial charge in [0, 0.05) is 25.9 Å². The van der Waals surface area contributed by atoms with Gasteiger partial charge in [0.2, 0.25) is 0 Å². The minimum Gasteiger partial charge on any atom is -0.453 e. The zero-order valence-electron chi connectivity index (χ0n) is 15.4. The molecule has 6 heteroatoms. The SMILES string of the molecule is CSCC(=O)OC1(c2ccccc2)CCN(C(=O)OC(C)(C)C)CC1. The van der Waals surface area contributed by atoms with Crippen molar-refractivity contribution >= 4 is 23.8 Å². The minimum atomic E-state index is -0.674. The van der Waals surface area contributed by atoms with Gasteiger partial charge < -0.3 is 14.4 Å². The fourth-order valence-corrected chi connectivity index (χ4v) is 3.23. The van der Waals surface area contributed by atoms with Crippen molar-refractivity contribution < 1.29 is 19.1 Å². The summed E-state index contributed by atoms with van der Waals surface area (Å²) in [6, 6.07) is 9.79. The van der Waals surface area contributed by atoms with Gasteiger partial charge in [-0.2, -0.15) is 11.8 Å². The molecule has 2 rings (SSSR count). The molecule has 1 fully saturated rings. The van der Waals surface area contributed by atoms with Crippen LogP contribution >= 0.6 is 11.8 Å². The molecule has 1 aromatic carbocycles. The molecule has 138 valence electrons. The molecule has 0 unspecified atom stereocenters. The van der Waals surface area contributed by atoms with Crippen molar-refractivity contribution in [1.82, 2.24) is 4.90 Å². The molecule has 1 aliphatic rings. The summed E-state index contributed by atoms with van der Waals surface area (Å²) in [7, 11) is 0. The molecule has 0 spiro atoms. The van der Waals surface area contributed by atoms with Crippen molar-refractivity contribution in [3.63, 3.8) is 0 Å². The van der Waals surface area contributed by atoms with Gasteiger partial charge in [-0.15, -0.1) is 0 Å². The first-order chi connectivity index (χ1) is 11.8. The smallest absolute Gasteiger partial charge is 0.410 e. The van der Waals surface area contributed by atoms with Gasteiger partial charge in [0.15, 0.2) is 0 Å². The van der Waals surface area contributed by atoms with E-state index in [2.05, 4.69) is 0 Å². The molecule has 1 saturated heterocycles. The number of carbonyl (C=O) groups excluding carboxylic acids is 2. The Kier molecular flexibility index (Phi) is 6.38. The highest BCUT2D eigenvalue weighted by atomic mass is 32.2. The zero-order valence-corrected chi connectivity index (χ0v) is 16.2. The summed E-state index contributed by atoms with van der Waals surface area (Å²) in [6.07, 6.45) is 2.69. The lowest BCUT2D eigenvalue weighted by molar-refractivity contribution is -0.163. The molecule has 1 aliphatic heterocycles. The molecule has 1 heterocycles. The number of thioether (sulfide) groups is 1. The van der Waals surface area contributed by atoms with Gasteiger partial charge in [0.05, 0.1) is 5.75 Å². The van der Waals surface area contributed by atoms with E-state index in [1.54, 1.807) is 4.90 Å². The average Bonchev–Trinajstić information content (AvgIpc) is 2.55. The number of nitrogens with zero attached hydrogens (tertiary/aromatic N) is 1. The van der Waals surface area contributed by atoms with Gasteiger partial charge in [0.25, 0.3) is 0 Å². The highest BCUT2D eigenvalue weighted by molar-refractivity contribution is 7.99. The van der Waals surface area contributed by atoms with Gasteiger partial charge in [-0.05, 0) is 32.6 Å². The number of rotatable bonds is 4. The lowest BCUT2D eigenvalue weighted by Crippen LogP contribution is -2.48. The van der Waals surface area contributed by atoms with E-state index in [1.165, 1.54) is 11.8 Å². The van der Waals surface area contributed by atoms with E-state index in [9.17, 15) is 9.59 Å². The van der Waals surface area contributed by atoms with E-state index in [0.29, 0.717) is 31.7 Å². The van der Waals surface area contributed by atoms with E-state index < -0.39 is 11.2 Å². The van der Waals surface area contributed by atoms with Gasteiger partial charge in [-0.1, -0.05) is 30.3 Å². The van der Waals surface area contributed by atoms with Gasteiger partial charge in [0.1, 0.15) is 11.2 Å². The molecule has 1 amide bonds. The second-order valence-corrected chi connectivity index (χ2v) is 8.10. The Bertz CT molecular complexity index is 589. The van der Waals surface area contributed by atoms with Crippen LogP contribution in [0.25, 0.3) is 0 Å². The largest absolute Gasteiger partial charge is 0.453 e. The fraction of sp³-hybridized carbons (Fsp3) is 0.579. The van der Waals surface area contributed by atoms with Crippen LogP contribution in [0.15, 0.2) is 30.3 Å². The number of hydrogen-bond donors (Lipinski definition) is 0. The molecule has 5 nitrogen and oxygen atoms in total. The summed E-state index contributed by atoms with van der Waals surface area (Å²) in [5, 5.41) is 0. The Balaban J connectivity index is 2.12. The van der Waals surface area contributed by atoms with E-state index in [4.69, 9.17) is 9.47 Å². The molecular weight excluding hydrogens is 338 g/mol. The second-order valence-electron chi connectivity index (χ2n) is 7.23. The van der Waals surface area contributed by atoms with Crippen molar-refractivity contribution in [3.05, 3.63) is 35.9 Å². The van der Waals surface area contributed by atoms with Gasteiger partial charge >= 0.3 is 12.1 Å². The van der Waals surface area contributed by atoms with Crippen molar-refractivity contribution in [2.24, 2.45) is 0 Å². The third-order valence-corrected chi connectivity index (χ3v) is 4.62. The first-order valence-electron chi connectivity index (χ1n) is 8.50. The molecule has 0 aliphatic carbocycles. The maximum atomic E-state index is 12.3. The number of ether oxygens (including phenoxy) is 2. The number of piperidine rings is 1. The zero-order chi connectivity index (χ0) is 18.5. The summed E-state index contributed by atoms with van der Waals surface area (Å²) in [6.45, 7) is 6.56. The van der Waals surface area contributed by atoms with Crippen molar-refractivity contribution in [1.29, 1.82) is 0 Å². The molecule has 0 aromatic heterocycles. The minimum absolute atomic E-state index is 0.220. The topological polar surface area (TPSA) is 55.8 Å².